The second-order valence-corrected chi connectivity index (χ2v) is 5.29. The summed E-state index contributed by atoms with van der Waals surface area (Å²) in [4.78, 5) is 6.83. The number of hydrogen-bond donors (Lipinski definition) is 1. The molecule has 3 heteroatoms. The van der Waals surface area contributed by atoms with Crippen molar-refractivity contribution in [2.24, 2.45) is 5.73 Å². The second-order valence-electron chi connectivity index (χ2n) is 5.29. The van der Waals surface area contributed by atoms with E-state index in [1.165, 1.54) is 11.3 Å². The van der Waals surface area contributed by atoms with Crippen LogP contribution in [0.25, 0.3) is 0 Å². The molecule has 98 valence electrons. The van der Waals surface area contributed by atoms with E-state index < -0.39 is 0 Å². The lowest BCUT2D eigenvalue weighted by Gasteiger charge is -2.24. The molecular weight excluding hydrogens is 234 g/mol. The van der Waals surface area contributed by atoms with Gasteiger partial charge in [0.15, 0.2) is 0 Å². The molecule has 0 spiro atoms. The highest BCUT2D eigenvalue weighted by atomic mass is 15.2. The molecule has 1 unspecified atom stereocenters. The van der Waals surface area contributed by atoms with E-state index in [1.807, 2.05) is 19.2 Å². The van der Waals surface area contributed by atoms with E-state index in [-0.39, 0.29) is 6.04 Å². The van der Waals surface area contributed by atoms with E-state index >= 15 is 0 Å². The molecule has 2 heterocycles. The first-order valence-electron chi connectivity index (χ1n) is 6.75. The first-order valence-corrected chi connectivity index (χ1v) is 6.75. The minimum Gasteiger partial charge on any atom is -0.324 e. The molecule has 2 N–H and O–H groups in total. The van der Waals surface area contributed by atoms with Crippen LogP contribution < -0.4 is 10.6 Å². The molecule has 1 aromatic heterocycles. The smallest absolute Gasteiger partial charge is 0.133 e. The van der Waals surface area contributed by atoms with Crippen molar-refractivity contribution in [3.63, 3.8) is 0 Å². The van der Waals surface area contributed by atoms with Gasteiger partial charge in [-0.25, -0.2) is 4.98 Å². The summed E-state index contributed by atoms with van der Waals surface area (Å²) >= 11 is 0. The van der Waals surface area contributed by atoms with Crippen molar-refractivity contribution in [3.8, 4) is 0 Å². The molecule has 19 heavy (non-hydrogen) atoms. The zero-order valence-electron chi connectivity index (χ0n) is 11.4. The fourth-order valence-corrected chi connectivity index (χ4v) is 2.76. The molecule has 3 nitrogen and oxygen atoms in total. The van der Waals surface area contributed by atoms with E-state index in [1.54, 1.807) is 0 Å². The summed E-state index contributed by atoms with van der Waals surface area (Å²) in [6.45, 7) is 4.24. The standard InChI is InChI=1S/C16H19N3/c1-11-9-14-5-3-4-6-15(14)19(11)16-10-13(12(2)17)7-8-18-16/h3-8,10-12H,9,17H2,1-2H3/t11?,12-/m0/s1. The van der Waals surface area contributed by atoms with Gasteiger partial charge in [0.2, 0.25) is 0 Å². The Bertz CT molecular complexity index is 592. The number of nitrogens with two attached hydrogens (primary N) is 1. The Morgan fingerprint density at radius 2 is 2.11 bits per heavy atom. The summed E-state index contributed by atoms with van der Waals surface area (Å²) in [5.74, 6) is 0.993. The quantitative estimate of drug-likeness (QED) is 0.893. The van der Waals surface area contributed by atoms with Crippen LogP contribution in [0.3, 0.4) is 0 Å². The Balaban J connectivity index is 2.05. The molecule has 2 atom stereocenters. The fraction of sp³-hybridized carbons (Fsp3) is 0.312. The third-order valence-electron chi connectivity index (χ3n) is 3.75. The van der Waals surface area contributed by atoms with Crippen LogP contribution in [0.5, 0.6) is 0 Å². The van der Waals surface area contributed by atoms with Gasteiger partial charge in [0.1, 0.15) is 5.82 Å². The van der Waals surface area contributed by atoms with Gasteiger partial charge >= 0.3 is 0 Å². The average Bonchev–Trinajstić information content (AvgIpc) is 2.74. The SMILES string of the molecule is CC1Cc2ccccc2N1c1cc([C@H](C)N)ccn1. The molecular formula is C16H19N3. The third kappa shape index (κ3) is 2.10. The van der Waals surface area contributed by atoms with E-state index in [4.69, 9.17) is 5.73 Å². The summed E-state index contributed by atoms with van der Waals surface area (Å²) in [6.07, 6.45) is 2.92. The molecule has 0 amide bonds. The molecule has 2 aromatic rings. The van der Waals surface area contributed by atoms with Crippen LogP contribution in [0.4, 0.5) is 11.5 Å². The summed E-state index contributed by atoms with van der Waals surface area (Å²) in [5, 5.41) is 0. The molecule has 1 aromatic carbocycles. The van der Waals surface area contributed by atoms with Crippen molar-refractivity contribution in [3.05, 3.63) is 53.7 Å². The highest BCUT2D eigenvalue weighted by Crippen LogP contribution is 2.37. The maximum Gasteiger partial charge on any atom is 0.133 e. The minimum atomic E-state index is 0.0369. The molecule has 0 radical (unpaired) electrons. The Labute approximate surface area is 114 Å². The molecule has 3 rings (SSSR count). The Kier molecular flexibility index (Phi) is 2.99. The van der Waals surface area contributed by atoms with Gasteiger partial charge in [-0.05, 0) is 49.6 Å². The van der Waals surface area contributed by atoms with Gasteiger partial charge in [-0.1, -0.05) is 18.2 Å². The van der Waals surface area contributed by atoms with Gasteiger partial charge < -0.3 is 10.6 Å². The maximum absolute atomic E-state index is 5.96. The van der Waals surface area contributed by atoms with E-state index in [0.29, 0.717) is 6.04 Å². The Hall–Kier alpha value is -1.87. The van der Waals surface area contributed by atoms with Crippen LogP contribution in [-0.4, -0.2) is 11.0 Å². The first-order chi connectivity index (χ1) is 9.16. The van der Waals surface area contributed by atoms with Crippen LogP contribution in [0, 0.1) is 0 Å². The second kappa shape index (κ2) is 4.67. The number of benzene rings is 1. The van der Waals surface area contributed by atoms with E-state index in [2.05, 4.69) is 47.1 Å². The number of para-hydroxylation sites is 1. The molecule has 0 saturated heterocycles. The third-order valence-corrected chi connectivity index (χ3v) is 3.75. The fourth-order valence-electron chi connectivity index (χ4n) is 2.76. The number of anilines is 2. The van der Waals surface area contributed by atoms with Crippen LogP contribution in [0.1, 0.15) is 31.0 Å². The van der Waals surface area contributed by atoms with E-state index in [9.17, 15) is 0 Å². The van der Waals surface area contributed by atoms with Crippen molar-refractivity contribution in [2.45, 2.75) is 32.4 Å². The van der Waals surface area contributed by atoms with E-state index in [0.717, 1.165) is 17.8 Å². The lowest BCUT2D eigenvalue weighted by molar-refractivity contribution is 0.746. The summed E-state index contributed by atoms with van der Waals surface area (Å²) in [7, 11) is 0. The highest BCUT2D eigenvalue weighted by Gasteiger charge is 2.27. The maximum atomic E-state index is 5.96. The summed E-state index contributed by atoms with van der Waals surface area (Å²) in [6, 6.07) is 13.1. The van der Waals surface area contributed by atoms with Gasteiger partial charge in [-0.15, -0.1) is 0 Å². The molecule has 1 aliphatic heterocycles. The zero-order valence-corrected chi connectivity index (χ0v) is 11.4. The highest BCUT2D eigenvalue weighted by molar-refractivity contribution is 5.69. The van der Waals surface area contributed by atoms with Gasteiger partial charge in [0.05, 0.1) is 0 Å². The van der Waals surface area contributed by atoms with Gasteiger partial charge in [0, 0.05) is 24.0 Å². The summed E-state index contributed by atoms with van der Waals surface area (Å²) < 4.78 is 0. The Morgan fingerprint density at radius 3 is 2.89 bits per heavy atom. The zero-order chi connectivity index (χ0) is 13.4. The molecule has 0 fully saturated rings. The lowest BCUT2D eigenvalue weighted by atomic mass is 10.1. The van der Waals surface area contributed by atoms with Crippen molar-refractivity contribution in [2.75, 3.05) is 4.90 Å². The molecule has 1 aliphatic rings. The number of rotatable bonds is 2. The number of hydrogen-bond acceptors (Lipinski definition) is 3. The minimum absolute atomic E-state index is 0.0369. The Morgan fingerprint density at radius 1 is 1.32 bits per heavy atom. The van der Waals surface area contributed by atoms with Crippen LogP contribution in [-0.2, 0) is 6.42 Å². The molecule has 0 saturated carbocycles. The largest absolute Gasteiger partial charge is 0.324 e. The van der Waals surface area contributed by atoms with Gasteiger partial charge in [-0.3, -0.25) is 0 Å². The van der Waals surface area contributed by atoms with Crippen molar-refractivity contribution in [1.82, 2.24) is 4.98 Å². The normalized spacial score (nSPS) is 19.3. The van der Waals surface area contributed by atoms with Gasteiger partial charge in [0.25, 0.3) is 0 Å². The average molecular weight is 253 g/mol. The number of pyridine rings is 1. The van der Waals surface area contributed by atoms with Gasteiger partial charge in [-0.2, -0.15) is 0 Å². The molecule has 0 aliphatic carbocycles. The number of fused-ring (bicyclic) bond motifs is 1. The number of nitrogens with zero attached hydrogens (tertiary/aromatic N) is 2. The lowest BCUT2D eigenvalue weighted by Crippen LogP contribution is -2.25. The van der Waals surface area contributed by atoms with Crippen LogP contribution >= 0.6 is 0 Å². The van der Waals surface area contributed by atoms with Crippen LogP contribution in [0.15, 0.2) is 42.6 Å². The monoisotopic (exact) mass is 253 g/mol. The molecule has 0 bridgehead atoms. The first kappa shape index (κ1) is 12.2. The number of aromatic nitrogens is 1. The van der Waals surface area contributed by atoms with Crippen molar-refractivity contribution in [1.29, 1.82) is 0 Å². The van der Waals surface area contributed by atoms with Crippen molar-refractivity contribution >= 4 is 11.5 Å². The van der Waals surface area contributed by atoms with Crippen LogP contribution in [0.2, 0.25) is 0 Å². The summed E-state index contributed by atoms with van der Waals surface area (Å²) in [5.41, 5.74) is 9.75. The predicted molar refractivity (Wildman–Crippen MR) is 78.6 cm³/mol. The topological polar surface area (TPSA) is 42.1 Å². The van der Waals surface area contributed by atoms with Crippen molar-refractivity contribution < 1.29 is 0 Å². The predicted octanol–water partition coefficient (Wildman–Crippen LogP) is 3.18.